The van der Waals surface area contributed by atoms with E-state index in [4.69, 9.17) is 0 Å². The number of para-hydroxylation sites is 1. The molecule has 0 aliphatic heterocycles. The van der Waals surface area contributed by atoms with Gasteiger partial charge in [-0.15, -0.1) is 6.58 Å². The topological polar surface area (TPSA) is 4.93 Å². The molecule has 0 unspecified atom stereocenters. The molecule has 0 aliphatic rings. The van der Waals surface area contributed by atoms with Gasteiger partial charge in [0, 0.05) is 18.3 Å². The first-order valence-electron chi connectivity index (χ1n) is 4.97. The van der Waals surface area contributed by atoms with E-state index in [0.29, 0.717) is 0 Å². The maximum atomic E-state index is 3.75. The molecule has 0 bridgehead atoms. The van der Waals surface area contributed by atoms with Gasteiger partial charge in [-0.25, -0.2) is 0 Å². The Morgan fingerprint density at radius 1 is 1.36 bits per heavy atom. The minimum atomic E-state index is 1.05. The molecule has 1 aromatic heterocycles. The number of rotatable bonds is 3. The van der Waals surface area contributed by atoms with E-state index in [0.717, 1.165) is 12.8 Å². The maximum Gasteiger partial charge on any atom is 0.0479 e. The van der Waals surface area contributed by atoms with Crippen LogP contribution in [0.15, 0.2) is 43.0 Å². The van der Waals surface area contributed by atoms with Crippen molar-refractivity contribution in [2.45, 2.75) is 12.8 Å². The number of hydrogen-bond donors (Lipinski definition) is 0. The van der Waals surface area contributed by atoms with Crippen LogP contribution in [0.5, 0.6) is 0 Å². The fourth-order valence-electron chi connectivity index (χ4n) is 1.84. The van der Waals surface area contributed by atoms with Crippen molar-refractivity contribution in [2.24, 2.45) is 7.05 Å². The number of aryl methyl sites for hydroxylation is 2. The fraction of sp³-hybridized carbons (Fsp3) is 0.231. The molecule has 14 heavy (non-hydrogen) atoms. The SMILES string of the molecule is C=CCCc1cc2ccccc2n1C. The molecule has 1 heterocycles. The Labute approximate surface area is 84.7 Å². The van der Waals surface area contributed by atoms with E-state index in [1.807, 2.05) is 6.08 Å². The van der Waals surface area contributed by atoms with E-state index in [-0.39, 0.29) is 0 Å². The lowest BCUT2D eigenvalue weighted by Gasteiger charge is -2.01. The molecule has 0 atom stereocenters. The minimum Gasteiger partial charge on any atom is -0.348 e. The van der Waals surface area contributed by atoms with Crippen molar-refractivity contribution < 1.29 is 0 Å². The van der Waals surface area contributed by atoms with Crippen LogP contribution in [0.3, 0.4) is 0 Å². The average Bonchev–Trinajstić information content (AvgIpc) is 2.54. The largest absolute Gasteiger partial charge is 0.348 e. The van der Waals surface area contributed by atoms with Gasteiger partial charge in [0.1, 0.15) is 0 Å². The summed E-state index contributed by atoms with van der Waals surface area (Å²) in [5.41, 5.74) is 2.69. The number of benzene rings is 1. The summed E-state index contributed by atoms with van der Waals surface area (Å²) < 4.78 is 2.26. The summed E-state index contributed by atoms with van der Waals surface area (Å²) in [5.74, 6) is 0. The van der Waals surface area contributed by atoms with Gasteiger partial charge in [0.15, 0.2) is 0 Å². The number of allylic oxidation sites excluding steroid dienone is 1. The Morgan fingerprint density at radius 3 is 2.86 bits per heavy atom. The molecule has 0 N–H and O–H groups in total. The molecule has 2 rings (SSSR count). The third-order valence-electron chi connectivity index (χ3n) is 2.66. The summed E-state index contributed by atoms with van der Waals surface area (Å²) in [5, 5.41) is 1.33. The Kier molecular flexibility index (Phi) is 2.40. The van der Waals surface area contributed by atoms with Crippen molar-refractivity contribution in [3.8, 4) is 0 Å². The lowest BCUT2D eigenvalue weighted by molar-refractivity contribution is 0.833. The second-order valence-electron chi connectivity index (χ2n) is 3.58. The van der Waals surface area contributed by atoms with Gasteiger partial charge in [-0.05, 0) is 30.4 Å². The Bertz CT molecular complexity index is 451. The standard InChI is InChI=1S/C13H15N/c1-3-4-8-12-10-11-7-5-6-9-13(11)14(12)2/h3,5-7,9-10H,1,4,8H2,2H3. The van der Waals surface area contributed by atoms with Crippen molar-refractivity contribution in [1.29, 1.82) is 0 Å². The zero-order valence-corrected chi connectivity index (χ0v) is 8.53. The highest BCUT2D eigenvalue weighted by atomic mass is 14.9. The molecule has 0 saturated heterocycles. The molecular weight excluding hydrogens is 170 g/mol. The highest BCUT2D eigenvalue weighted by Gasteiger charge is 2.03. The van der Waals surface area contributed by atoms with Gasteiger partial charge >= 0.3 is 0 Å². The average molecular weight is 185 g/mol. The van der Waals surface area contributed by atoms with Crippen molar-refractivity contribution >= 4 is 10.9 Å². The van der Waals surface area contributed by atoms with E-state index < -0.39 is 0 Å². The predicted molar refractivity (Wildman–Crippen MR) is 61.4 cm³/mol. The molecule has 1 heteroatoms. The first kappa shape index (κ1) is 9.07. The van der Waals surface area contributed by atoms with Crippen LogP contribution in [0, 0.1) is 0 Å². The number of nitrogens with zero attached hydrogens (tertiary/aromatic N) is 1. The van der Waals surface area contributed by atoms with Crippen LogP contribution >= 0.6 is 0 Å². The van der Waals surface area contributed by atoms with E-state index in [9.17, 15) is 0 Å². The van der Waals surface area contributed by atoms with Gasteiger partial charge in [-0.2, -0.15) is 0 Å². The molecule has 1 nitrogen and oxygen atoms in total. The van der Waals surface area contributed by atoms with Crippen LogP contribution in [-0.2, 0) is 13.5 Å². The number of fused-ring (bicyclic) bond motifs is 1. The predicted octanol–water partition coefficient (Wildman–Crippen LogP) is 3.30. The highest BCUT2D eigenvalue weighted by molar-refractivity contribution is 5.81. The number of aromatic nitrogens is 1. The van der Waals surface area contributed by atoms with Gasteiger partial charge in [0.2, 0.25) is 0 Å². The smallest absolute Gasteiger partial charge is 0.0479 e. The summed E-state index contributed by atoms with van der Waals surface area (Å²) >= 11 is 0. The first-order valence-corrected chi connectivity index (χ1v) is 4.97. The molecule has 0 aliphatic carbocycles. The zero-order chi connectivity index (χ0) is 9.97. The monoisotopic (exact) mass is 185 g/mol. The van der Waals surface area contributed by atoms with Crippen LogP contribution in [0.4, 0.5) is 0 Å². The Balaban J connectivity index is 2.46. The Morgan fingerprint density at radius 2 is 2.14 bits per heavy atom. The summed E-state index contributed by atoms with van der Waals surface area (Å²) in [4.78, 5) is 0. The van der Waals surface area contributed by atoms with E-state index in [1.165, 1.54) is 16.6 Å². The zero-order valence-electron chi connectivity index (χ0n) is 8.53. The third kappa shape index (κ3) is 1.46. The second kappa shape index (κ2) is 3.70. The van der Waals surface area contributed by atoms with Crippen LogP contribution in [0.1, 0.15) is 12.1 Å². The molecular formula is C13H15N. The van der Waals surface area contributed by atoms with Gasteiger partial charge in [0.25, 0.3) is 0 Å². The van der Waals surface area contributed by atoms with Gasteiger partial charge in [-0.1, -0.05) is 24.3 Å². The lowest BCUT2D eigenvalue weighted by atomic mass is 10.2. The molecule has 72 valence electrons. The molecule has 0 amide bonds. The van der Waals surface area contributed by atoms with Gasteiger partial charge in [-0.3, -0.25) is 0 Å². The summed E-state index contributed by atoms with van der Waals surface area (Å²) in [6, 6.07) is 10.7. The van der Waals surface area contributed by atoms with Gasteiger partial charge < -0.3 is 4.57 Å². The van der Waals surface area contributed by atoms with E-state index >= 15 is 0 Å². The molecule has 0 spiro atoms. The minimum absolute atomic E-state index is 1.05. The van der Waals surface area contributed by atoms with Gasteiger partial charge in [0.05, 0.1) is 0 Å². The van der Waals surface area contributed by atoms with Crippen LogP contribution in [0.25, 0.3) is 10.9 Å². The third-order valence-corrected chi connectivity index (χ3v) is 2.66. The van der Waals surface area contributed by atoms with E-state index in [2.05, 4.69) is 48.5 Å². The fourth-order valence-corrected chi connectivity index (χ4v) is 1.84. The van der Waals surface area contributed by atoms with Crippen molar-refractivity contribution in [3.63, 3.8) is 0 Å². The second-order valence-corrected chi connectivity index (χ2v) is 3.58. The van der Waals surface area contributed by atoms with E-state index in [1.54, 1.807) is 0 Å². The molecule has 2 aromatic rings. The van der Waals surface area contributed by atoms with Crippen LogP contribution < -0.4 is 0 Å². The van der Waals surface area contributed by atoms with Crippen molar-refractivity contribution in [3.05, 3.63) is 48.7 Å². The molecule has 0 radical (unpaired) electrons. The quantitative estimate of drug-likeness (QED) is 0.647. The summed E-state index contributed by atoms with van der Waals surface area (Å²) in [7, 11) is 2.13. The first-order chi connectivity index (χ1) is 6.83. The molecule has 0 fully saturated rings. The van der Waals surface area contributed by atoms with Crippen molar-refractivity contribution in [1.82, 2.24) is 4.57 Å². The summed E-state index contributed by atoms with van der Waals surface area (Å²) in [6.07, 6.45) is 4.09. The Hall–Kier alpha value is -1.50. The molecule has 0 saturated carbocycles. The lowest BCUT2D eigenvalue weighted by Crippen LogP contribution is -1.94. The van der Waals surface area contributed by atoms with Crippen molar-refractivity contribution in [2.75, 3.05) is 0 Å². The highest BCUT2D eigenvalue weighted by Crippen LogP contribution is 2.19. The number of hydrogen-bond acceptors (Lipinski definition) is 0. The summed E-state index contributed by atoms with van der Waals surface area (Å²) in [6.45, 7) is 3.75. The molecule has 1 aromatic carbocycles. The normalized spacial score (nSPS) is 10.6. The van der Waals surface area contributed by atoms with Crippen LogP contribution in [-0.4, -0.2) is 4.57 Å². The van der Waals surface area contributed by atoms with Crippen LogP contribution in [0.2, 0.25) is 0 Å². The maximum absolute atomic E-state index is 3.75.